The van der Waals surface area contributed by atoms with E-state index in [0.717, 1.165) is 5.69 Å². The second kappa shape index (κ2) is 2.84. The summed E-state index contributed by atoms with van der Waals surface area (Å²) in [6.07, 6.45) is 2.13. The molecule has 0 unspecified atom stereocenters. The molecule has 1 aromatic heterocycles. The smallest absolute Gasteiger partial charge is 0.0567 e. The van der Waals surface area contributed by atoms with Crippen LogP contribution in [0.5, 0.6) is 0 Å². The molecule has 0 saturated heterocycles. The fourth-order valence-corrected chi connectivity index (χ4v) is 0.904. The molecule has 0 fully saturated rings. The van der Waals surface area contributed by atoms with Gasteiger partial charge in [-0.2, -0.15) is 5.10 Å². The van der Waals surface area contributed by atoms with E-state index in [2.05, 4.69) is 5.10 Å². The highest BCUT2D eigenvalue weighted by atomic mass is 16.3. The van der Waals surface area contributed by atoms with E-state index in [1.807, 2.05) is 13.1 Å². The van der Waals surface area contributed by atoms with Gasteiger partial charge in [0.15, 0.2) is 0 Å². The molecule has 1 rings (SSSR count). The van der Waals surface area contributed by atoms with Gasteiger partial charge in [0.05, 0.1) is 6.10 Å². The highest BCUT2D eigenvalue weighted by molar-refractivity contribution is 5.00. The van der Waals surface area contributed by atoms with Gasteiger partial charge in [0.25, 0.3) is 0 Å². The molecule has 10 heavy (non-hydrogen) atoms. The molecule has 1 heterocycles. The lowest BCUT2D eigenvalue weighted by Gasteiger charge is -2.02. The van der Waals surface area contributed by atoms with E-state index in [1.54, 1.807) is 17.8 Å². The van der Waals surface area contributed by atoms with Gasteiger partial charge in [-0.05, 0) is 13.0 Å². The van der Waals surface area contributed by atoms with Crippen molar-refractivity contribution in [2.24, 2.45) is 7.05 Å². The lowest BCUT2D eigenvalue weighted by atomic mass is 10.2. The molecule has 1 atom stereocenters. The zero-order valence-corrected chi connectivity index (χ0v) is 6.28. The van der Waals surface area contributed by atoms with Gasteiger partial charge >= 0.3 is 0 Å². The molecule has 0 spiro atoms. The average molecular weight is 140 g/mol. The first kappa shape index (κ1) is 7.28. The molecular weight excluding hydrogens is 128 g/mol. The molecule has 0 aliphatic rings. The van der Waals surface area contributed by atoms with Crippen molar-refractivity contribution >= 4 is 0 Å². The van der Waals surface area contributed by atoms with Gasteiger partial charge in [0.1, 0.15) is 0 Å². The average Bonchev–Trinajstić information content (AvgIpc) is 2.15. The molecule has 3 nitrogen and oxygen atoms in total. The number of aryl methyl sites for hydroxylation is 1. The Morgan fingerprint density at radius 1 is 1.80 bits per heavy atom. The zero-order valence-electron chi connectivity index (χ0n) is 6.28. The molecule has 1 aromatic rings. The van der Waals surface area contributed by atoms with Crippen LogP contribution in [-0.2, 0) is 13.5 Å². The summed E-state index contributed by atoms with van der Waals surface area (Å²) in [6.45, 7) is 1.77. The first-order chi connectivity index (χ1) is 4.70. The topological polar surface area (TPSA) is 38.1 Å². The SMILES string of the molecule is C[C@@H](O)Cc1ccnn1C. The molecule has 0 aromatic carbocycles. The maximum Gasteiger partial charge on any atom is 0.0567 e. The summed E-state index contributed by atoms with van der Waals surface area (Å²) in [5.74, 6) is 0. The predicted octanol–water partition coefficient (Wildman–Crippen LogP) is 0.343. The van der Waals surface area contributed by atoms with Crippen molar-refractivity contribution in [2.45, 2.75) is 19.4 Å². The molecule has 0 aliphatic carbocycles. The molecule has 3 heteroatoms. The zero-order chi connectivity index (χ0) is 7.56. The first-order valence-corrected chi connectivity index (χ1v) is 3.35. The lowest BCUT2D eigenvalue weighted by Crippen LogP contribution is -2.08. The summed E-state index contributed by atoms with van der Waals surface area (Å²) in [5.41, 5.74) is 1.06. The van der Waals surface area contributed by atoms with Crippen LogP contribution in [0.2, 0.25) is 0 Å². The highest BCUT2D eigenvalue weighted by Crippen LogP contribution is 1.99. The van der Waals surface area contributed by atoms with Crippen LogP contribution >= 0.6 is 0 Å². The fraction of sp³-hybridized carbons (Fsp3) is 0.571. The number of aliphatic hydroxyl groups is 1. The molecule has 0 radical (unpaired) electrons. The van der Waals surface area contributed by atoms with Crippen LogP contribution in [-0.4, -0.2) is 21.0 Å². The molecule has 0 aliphatic heterocycles. The Bertz CT molecular complexity index is 205. The predicted molar refractivity (Wildman–Crippen MR) is 38.6 cm³/mol. The molecule has 56 valence electrons. The lowest BCUT2D eigenvalue weighted by molar-refractivity contribution is 0.193. The molecule has 0 bridgehead atoms. The minimum Gasteiger partial charge on any atom is -0.393 e. The van der Waals surface area contributed by atoms with Crippen molar-refractivity contribution in [2.75, 3.05) is 0 Å². The van der Waals surface area contributed by atoms with Gasteiger partial charge in [0, 0.05) is 25.4 Å². The summed E-state index contributed by atoms with van der Waals surface area (Å²) >= 11 is 0. The Kier molecular flexibility index (Phi) is 2.06. The van der Waals surface area contributed by atoms with Gasteiger partial charge in [-0.15, -0.1) is 0 Å². The molecule has 0 saturated carbocycles. The number of hydrogen-bond donors (Lipinski definition) is 1. The van der Waals surface area contributed by atoms with Crippen LogP contribution in [0.1, 0.15) is 12.6 Å². The summed E-state index contributed by atoms with van der Waals surface area (Å²) in [6, 6.07) is 1.91. The van der Waals surface area contributed by atoms with E-state index in [-0.39, 0.29) is 6.10 Å². The van der Waals surface area contributed by atoms with Crippen LogP contribution in [0.25, 0.3) is 0 Å². The third-order valence-corrected chi connectivity index (χ3v) is 1.43. The minimum atomic E-state index is -0.282. The molecular formula is C7H12N2O. The summed E-state index contributed by atoms with van der Waals surface area (Å²) in [4.78, 5) is 0. The van der Waals surface area contributed by atoms with Crippen molar-refractivity contribution in [1.29, 1.82) is 0 Å². The van der Waals surface area contributed by atoms with Crippen LogP contribution < -0.4 is 0 Å². The highest BCUT2D eigenvalue weighted by Gasteiger charge is 2.01. The third kappa shape index (κ3) is 1.57. The summed E-state index contributed by atoms with van der Waals surface area (Å²) < 4.78 is 1.77. The number of aromatic nitrogens is 2. The standard InChI is InChI=1S/C7H12N2O/c1-6(10)5-7-3-4-8-9(7)2/h3-4,6,10H,5H2,1-2H3/t6-/m1/s1. The van der Waals surface area contributed by atoms with Crippen molar-refractivity contribution in [1.82, 2.24) is 9.78 Å². The number of nitrogens with zero attached hydrogens (tertiary/aromatic N) is 2. The van der Waals surface area contributed by atoms with Gasteiger partial charge in [-0.25, -0.2) is 0 Å². The van der Waals surface area contributed by atoms with Crippen molar-refractivity contribution < 1.29 is 5.11 Å². The fourth-order valence-electron chi connectivity index (χ4n) is 0.904. The van der Waals surface area contributed by atoms with Crippen LogP contribution in [0.4, 0.5) is 0 Å². The molecule has 1 N–H and O–H groups in total. The maximum absolute atomic E-state index is 9.01. The van der Waals surface area contributed by atoms with Crippen molar-refractivity contribution in [3.05, 3.63) is 18.0 Å². The van der Waals surface area contributed by atoms with Crippen molar-refractivity contribution in [3.63, 3.8) is 0 Å². The van der Waals surface area contributed by atoms with Gasteiger partial charge in [0.2, 0.25) is 0 Å². The summed E-state index contributed by atoms with van der Waals surface area (Å²) in [5, 5.41) is 13.0. The van der Waals surface area contributed by atoms with Gasteiger partial charge < -0.3 is 5.11 Å². The van der Waals surface area contributed by atoms with E-state index in [9.17, 15) is 0 Å². The normalized spacial score (nSPS) is 13.5. The Hall–Kier alpha value is -0.830. The van der Waals surface area contributed by atoms with E-state index in [1.165, 1.54) is 0 Å². The van der Waals surface area contributed by atoms with Gasteiger partial charge in [-0.1, -0.05) is 0 Å². The van der Waals surface area contributed by atoms with E-state index in [0.29, 0.717) is 6.42 Å². The Balaban J connectivity index is 2.65. The van der Waals surface area contributed by atoms with Crippen LogP contribution in [0.15, 0.2) is 12.3 Å². The van der Waals surface area contributed by atoms with E-state index in [4.69, 9.17) is 5.11 Å². The van der Waals surface area contributed by atoms with E-state index >= 15 is 0 Å². The van der Waals surface area contributed by atoms with Gasteiger partial charge in [-0.3, -0.25) is 4.68 Å². The van der Waals surface area contributed by atoms with Crippen LogP contribution in [0.3, 0.4) is 0 Å². The second-order valence-electron chi connectivity index (χ2n) is 2.50. The van der Waals surface area contributed by atoms with Crippen molar-refractivity contribution in [3.8, 4) is 0 Å². The Morgan fingerprint density at radius 3 is 2.90 bits per heavy atom. The Morgan fingerprint density at radius 2 is 2.50 bits per heavy atom. The number of aliphatic hydroxyl groups excluding tert-OH is 1. The van der Waals surface area contributed by atoms with Crippen LogP contribution in [0, 0.1) is 0 Å². The largest absolute Gasteiger partial charge is 0.393 e. The Labute approximate surface area is 60.3 Å². The van der Waals surface area contributed by atoms with E-state index < -0.39 is 0 Å². The number of rotatable bonds is 2. The quantitative estimate of drug-likeness (QED) is 0.643. The monoisotopic (exact) mass is 140 g/mol. The summed E-state index contributed by atoms with van der Waals surface area (Å²) in [7, 11) is 1.87. The number of hydrogen-bond acceptors (Lipinski definition) is 2. The molecule has 0 amide bonds. The minimum absolute atomic E-state index is 0.282. The first-order valence-electron chi connectivity index (χ1n) is 3.35. The maximum atomic E-state index is 9.01. The second-order valence-corrected chi connectivity index (χ2v) is 2.50. The third-order valence-electron chi connectivity index (χ3n) is 1.43.